The molecule has 0 aliphatic rings. The standard InChI is InChI=1S/C19H18N2O3/c1-11-8-9-14(10-12(11)2)18(22)13(3)24-19(23)17-15-6-4-5-7-16(15)20-21-17/h4-10,13H,1-3H3,(H,20,21)/t13-/m1/s1. The van der Waals surface area contributed by atoms with Crippen LogP contribution in [-0.4, -0.2) is 28.1 Å². The zero-order valence-electron chi connectivity index (χ0n) is 13.8. The van der Waals surface area contributed by atoms with Crippen molar-refractivity contribution in [1.82, 2.24) is 10.2 Å². The van der Waals surface area contributed by atoms with Gasteiger partial charge >= 0.3 is 5.97 Å². The monoisotopic (exact) mass is 322 g/mol. The van der Waals surface area contributed by atoms with E-state index in [4.69, 9.17) is 4.74 Å². The third-order valence-electron chi connectivity index (χ3n) is 4.11. The molecule has 0 aliphatic heterocycles. The predicted molar refractivity (Wildman–Crippen MR) is 91.2 cm³/mol. The maximum atomic E-state index is 12.5. The van der Waals surface area contributed by atoms with Crippen molar-refractivity contribution in [2.75, 3.05) is 0 Å². The number of hydrogen-bond acceptors (Lipinski definition) is 4. The maximum Gasteiger partial charge on any atom is 0.360 e. The molecule has 0 saturated carbocycles. The van der Waals surface area contributed by atoms with Crippen LogP contribution in [0.2, 0.25) is 0 Å². The molecule has 1 N–H and O–H groups in total. The molecule has 3 rings (SSSR count). The first kappa shape index (κ1) is 15.9. The molecule has 122 valence electrons. The van der Waals surface area contributed by atoms with Crippen molar-refractivity contribution < 1.29 is 14.3 Å². The second-order valence-corrected chi connectivity index (χ2v) is 5.83. The van der Waals surface area contributed by atoms with Crippen LogP contribution in [-0.2, 0) is 4.74 Å². The Morgan fingerprint density at radius 2 is 1.83 bits per heavy atom. The molecule has 3 aromatic rings. The van der Waals surface area contributed by atoms with E-state index in [0.29, 0.717) is 10.9 Å². The van der Waals surface area contributed by atoms with Gasteiger partial charge in [0.25, 0.3) is 0 Å². The first-order valence-corrected chi connectivity index (χ1v) is 7.73. The molecule has 0 saturated heterocycles. The second kappa shape index (κ2) is 6.28. The maximum absolute atomic E-state index is 12.5. The van der Waals surface area contributed by atoms with E-state index >= 15 is 0 Å². The normalized spacial score (nSPS) is 12.1. The van der Waals surface area contributed by atoms with Crippen molar-refractivity contribution in [3.8, 4) is 0 Å². The number of H-pyrrole nitrogens is 1. The van der Waals surface area contributed by atoms with E-state index in [9.17, 15) is 9.59 Å². The third kappa shape index (κ3) is 2.93. The molecule has 0 radical (unpaired) electrons. The van der Waals surface area contributed by atoms with Crippen molar-refractivity contribution >= 4 is 22.7 Å². The highest BCUT2D eigenvalue weighted by atomic mass is 16.5. The summed E-state index contributed by atoms with van der Waals surface area (Å²) in [4.78, 5) is 24.8. The molecule has 1 atom stereocenters. The van der Waals surface area contributed by atoms with Gasteiger partial charge < -0.3 is 4.74 Å². The number of aromatic nitrogens is 2. The van der Waals surface area contributed by atoms with Crippen LogP contribution in [0.4, 0.5) is 0 Å². The summed E-state index contributed by atoms with van der Waals surface area (Å²) in [6, 6.07) is 12.7. The average Bonchev–Trinajstić information content (AvgIpc) is 3.00. The van der Waals surface area contributed by atoms with Gasteiger partial charge in [0, 0.05) is 10.9 Å². The van der Waals surface area contributed by atoms with E-state index in [-0.39, 0.29) is 11.5 Å². The van der Waals surface area contributed by atoms with Crippen LogP contribution in [0.1, 0.15) is 38.9 Å². The van der Waals surface area contributed by atoms with Crippen LogP contribution in [0.25, 0.3) is 10.9 Å². The van der Waals surface area contributed by atoms with Crippen LogP contribution >= 0.6 is 0 Å². The molecular weight excluding hydrogens is 304 g/mol. The van der Waals surface area contributed by atoms with Crippen molar-refractivity contribution in [3.63, 3.8) is 0 Å². The van der Waals surface area contributed by atoms with Crippen LogP contribution < -0.4 is 0 Å². The van der Waals surface area contributed by atoms with Crippen molar-refractivity contribution in [2.24, 2.45) is 0 Å². The van der Waals surface area contributed by atoms with E-state index in [0.717, 1.165) is 16.6 Å². The molecule has 0 fully saturated rings. The number of fused-ring (bicyclic) bond motifs is 1. The number of Topliss-reactive ketones (excluding diaryl/α,β-unsaturated/α-hetero) is 1. The number of aryl methyl sites for hydroxylation is 2. The minimum Gasteiger partial charge on any atom is -0.449 e. The number of benzene rings is 2. The van der Waals surface area contributed by atoms with Gasteiger partial charge in [-0.2, -0.15) is 5.10 Å². The lowest BCUT2D eigenvalue weighted by Crippen LogP contribution is -2.24. The topological polar surface area (TPSA) is 72.1 Å². The Morgan fingerprint density at radius 1 is 1.08 bits per heavy atom. The Labute approximate surface area is 139 Å². The van der Waals surface area contributed by atoms with Crippen LogP contribution in [0.15, 0.2) is 42.5 Å². The van der Waals surface area contributed by atoms with Crippen molar-refractivity contribution in [1.29, 1.82) is 0 Å². The quantitative estimate of drug-likeness (QED) is 0.588. The van der Waals surface area contributed by atoms with Gasteiger partial charge in [-0.3, -0.25) is 9.89 Å². The van der Waals surface area contributed by atoms with Gasteiger partial charge in [0.15, 0.2) is 11.8 Å². The molecule has 0 unspecified atom stereocenters. The summed E-state index contributed by atoms with van der Waals surface area (Å²) in [5, 5.41) is 7.45. The number of carbonyl (C=O) groups excluding carboxylic acids is 2. The summed E-state index contributed by atoms with van der Waals surface area (Å²) < 4.78 is 5.32. The molecule has 0 bridgehead atoms. The minimum atomic E-state index is -0.880. The Balaban J connectivity index is 1.78. The fraction of sp³-hybridized carbons (Fsp3) is 0.211. The smallest absolute Gasteiger partial charge is 0.360 e. The number of esters is 1. The Morgan fingerprint density at radius 3 is 2.58 bits per heavy atom. The van der Waals surface area contributed by atoms with Gasteiger partial charge in [-0.25, -0.2) is 4.79 Å². The highest BCUT2D eigenvalue weighted by molar-refractivity contribution is 6.05. The van der Waals surface area contributed by atoms with Gasteiger partial charge in [0.2, 0.25) is 5.78 Å². The lowest BCUT2D eigenvalue weighted by molar-refractivity contribution is 0.0315. The largest absolute Gasteiger partial charge is 0.449 e. The fourth-order valence-corrected chi connectivity index (χ4v) is 2.52. The lowest BCUT2D eigenvalue weighted by atomic mass is 10.0. The molecule has 2 aromatic carbocycles. The highest BCUT2D eigenvalue weighted by Crippen LogP contribution is 2.18. The number of nitrogens with zero attached hydrogens (tertiary/aromatic N) is 1. The summed E-state index contributed by atoms with van der Waals surface area (Å²) in [7, 11) is 0. The number of aromatic amines is 1. The number of ether oxygens (including phenoxy) is 1. The molecule has 5 heteroatoms. The predicted octanol–water partition coefficient (Wildman–Crippen LogP) is 3.61. The molecule has 0 aliphatic carbocycles. The number of nitrogens with one attached hydrogen (secondary N) is 1. The molecule has 1 heterocycles. The summed E-state index contributed by atoms with van der Waals surface area (Å²) >= 11 is 0. The zero-order chi connectivity index (χ0) is 17.3. The third-order valence-corrected chi connectivity index (χ3v) is 4.11. The van der Waals surface area contributed by atoms with Gasteiger partial charge in [0.1, 0.15) is 0 Å². The molecule has 24 heavy (non-hydrogen) atoms. The number of ketones is 1. The van der Waals surface area contributed by atoms with Crippen molar-refractivity contribution in [3.05, 3.63) is 64.8 Å². The summed E-state index contributed by atoms with van der Waals surface area (Å²) in [6.45, 7) is 5.50. The number of hydrogen-bond donors (Lipinski definition) is 1. The van der Waals surface area contributed by atoms with E-state index in [1.54, 1.807) is 19.1 Å². The van der Waals surface area contributed by atoms with Crippen molar-refractivity contribution in [2.45, 2.75) is 26.9 Å². The number of rotatable bonds is 4. The Hall–Kier alpha value is -2.95. The van der Waals surface area contributed by atoms with Gasteiger partial charge in [0.05, 0.1) is 5.52 Å². The van der Waals surface area contributed by atoms with Gasteiger partial charge in [-0.05, 0) is 44.0 Å². The summed E-state index contributed by atoms with van der Waals surface area (Å²) in [6.07, 6.45) is -0.880. The number of carbonyl (C=O) groups is 2. The first-order chi connectivity index (χ1) is 11.5. The first-order valence-electron chi connectivity index (χ1n) is 7.73. The second-order valence-electron chi connectivity index (χ2n) is 5.83. The SMILES string of the molecule is Cc1ccc(C(=O)[C@@H](C)OC(=O)c2n[nH]c3ccccc23)cc1C. The van der Waals surface area contributed by atoms with Gasteiger partial charge in [-0.15, -0.1) is 0 Å². The highest BCUT2D eigenvalue weighted by Gasteiger charge is 2.23. The van der Waals surface area contributed by atoms with Crippen LogP contribution in [0.5, 0.6) is 0 Å². The average molecular weight is 322 g/mol. The lowest BCUT2D eigenvalue weighted by Gasteiger charge is -2.12. The molecule has 0 spiro atoms. The fourth-order valence-electron chi connectivity index (χ4n) is 2.52. The van der Waals surface area contributed by atoms with Crippen LogP contribution in [0.3, 0.4) is 0 Å². The van der Waals surface area contributed by atoms with E-state index < -0.39 is 12.1 Å². The molecule has 1 aromatic heterocycles. The van der Waals surface area contributed by atoms with Gasteiger partial charge in [-0.1, -0.05) is 30.3 Å². The Kier molecular flexibility index (Phi) is 4.16. The minimum absolute atomic E-state index is 0.185. The summed E-state index contributed by atoms with van der Waals surface area (Å²) in [5.41, 5.74) is 3.60. The number of para-hydroxylation sites is 1. The van der Waals surface area contributed by atoms with E-state index in [1.165, 1.54) is 0 Å². The Bertz CT molecular complexity index is 927. The molecular formula is C19H18N2O3. The zero-order valence-corrected chi connectivity index (χ0v) is 13.8. The summed E-state index contributed by atoms with van der Waals surface area (Å²) in [5.74, 6) is -0.844. The van der Waals surface area contributed by atoms with E-state index in [2.05, 4.69) is 10.2 Å². The van der Waals surface area contributed by atoms with E-state index in [1.807, 2.05) is 44.2 Å². The van der Waals surface area contributed by atoms with Crippen LogP contribution in [0, 0.1) is 13.8 Å². The molecule has 5 nitrogen and oxygen atoms in total. The molecule has 0 amide bonds.